The third-order valence-corrected chi connectivity index (χ3v) is 7.52. The van der Waals surface area contributed by atoms with E-state index in [1.807, 2.05) is 0 Å². The van der Waals surface area contributed by atoms with Crippen LogP contribution in [0.15, 0.2) is 24.3 Å². The van der Waals surface area contributed by atoms with Crippen molar-refractivity contribution in [3.63, 3.8) is 0 Å². The molecule has 2 saturated heterocycles. The van der Waals surface area contributed by atoms with Gasteiger partial charge in [0, 0.05) is 12.3 Å². The molecule has 2 aliphatic rings. The highest BCUT2D eigenvalue weighted by molar-refractivity contribution is 7.93. The van der Waals surface area contributed by atoms with Crippen LogP contribution in [0.4, 0.5) is 13.2 Å². The van der Waals surface area contributed by atoms with E-state index in [1.165, 1.54) is 18.2 Å². The number of fused-ring (bicyclic) bond motifs is 2. The molecular formula is C16H17F3O4S. The molecule has 1 aromatic rings. The lowest BCUT2D eigenvalue weighted by atomic mass is 9.91. The van der Waals surface area contributed by atoms with Crippen molar-refractivity contribution in [3.05, 3.63) is 29.8 Å². The van der Waals surface area contributed by atoms with Gasteiger partial charge < -0.3 is 4.74 Å². The number of carbonyl (C=O) groups is 1. The van der Waals surface area contributed by atoms with E-state index in [0.29, 0.717) is 31.2 Å². The summed E-state index contributed by atoms with van der Waals surface area (Å²) in [6.07, 6.45) is -2.93. The first kappa shape index (κ1) is 17.3. The predicted molar refractivity (Wildman–Crippen MR) is 80.3 cm³/mol. The van der Waals surface area contributed by atoms with Crippen molar-refractivity contribution in [3.8, 4) is 5.75 Å². The van der Waals surface area contributed by atoms with Gasteiger partial charge in [-0.2, -0.15) is 0 Å². The van der Waals surface area contributed by atoms with Crippen LogP contribution in [-0.2, 0) is 21.1 Å². The van der Waals surface area contributed by atoms with Crippen molar-refractivity contribution < 1.29 is 31.1 Å². The second kappa shape index (κ2) is 6.06. The van der Waals surface area contributed by atoms with Crippen LogP contribution in [0.25, 0.3) is 0 Å². The van der Waals surface area contributed by atoms with Crippen LogP contribution < -0.4 is 4.74 Å². The summed E-state index contributed by atoms with van der Waals surface area (Å²) >= 11 is 0. The lowest BCUT2D eigenvalue weighted by Gasteiger charge is -2.27. The normalized spacial score (nSPS) is 28.5. The maximum absolute atomic E-state index is 12.4. The third kappa shape index (κ3) is 3.58. The van der Waals surface area contributed by atoms with Crippen LogP contribution in [0.2, 0.25) is 0 Å². The number of alkyl halides is 3. The van der Waals surface area contributed by atoms with E-state index in [0.717, 1.165) is 0 Å². The van der Waals surface area contributed by atoms with Crippen LogP contribution in [0.3, 0.4) is 0 Å². The molecule has 2 bridgehead atoms. The molecule has 0 saturated carbocycles. The highest BCUT2D eigenvalue weighted by Crippen LogP contribution is 2.41. The standard InChI is InChI=1S/C16H17F3O4S/c17-16(18,19)23-12-3-1-2-10(6-12)7-15(20)11-8-13-4-5-14(9-11)24(13,21)22/h1-3,6,11,13-14H,4-5,7-9H2. The zero-order valence-corrected chi connectivity index (χ0v) is 13.6. The quantitative estimate of drug-likeness (QED) is 0.826. The van der Waals surface area contributed by atoms with Crippen LogP contribution in [0.1, 0.15) is 31.2 Å². The number of hydrogen-bond acceptors (Lipinski definition) is 4. The molecule has 0 N–H and O–H groups in total. The molecule has 0 aliphatic carbocycles. The van der Waals surface area contributed by atoms with Gasteiger partial charge in [0.05, 0.1) is 10.5 Å². The van der Waals surface area contributed by atoms with Crippen molar-refractivity contribution in [2.75, 3.05) is 0 Å². The lowest BCUT2D eigenvalue weighted by Crippen LogP contribution is -2.36. The average molecular weight is 362 g/mol. The summed E-state index contributed by atoms with van der Waals surface area (Å²) in [5.74, 6) is -0.816. The van der Waals surface area contributed by atoms with Gasteiger partial charge in [0.25, 0.3) is 0 Å². The number of rotatable bonds is 4. The Hall–Kier alpha value is -1.57. The Labute approximate surface area is 137 Å². The first-order valence-corrected chi connectivity index (χ1v) is 9.36. The number of sulfone groups is 1. The first-order valence-electron chi connectivity index (χ1n) is 7.75. The Morgan fingerprint density at radius 3 is 2.38 bits per heavy atom. The molecule has 4 nitrogen and oxygen atoms in total. The molecular weight excluding hydrogens is 345 g/mol. The van der Waals surface area contributed by atoms with Crippen molar-refractivity contribution in [2.45, 2.75) is 49.0 Å². The highest BCUT2D eigenvalue weighted by atomic mass is 32.2. The van der Waals surface area contributed by atoms with Crippen molar-refractivity contribution >= 4 is 15.6 Å². The number of ketones is 1. The summed E-state index contributed by atoms with van der Waals surface area (Å²) in [7, 11) is -3.09. The van der Waals surface area contributed by atoms with Crippen molar-refractivity contribution in [1.29, 1.82) is 0 Å². The van der Waals surface area contributed by atoms with Gasteiger partial charge in [-0.15, -0.1) is 13.2 Å². The number of ether oxygens (including phenoxy) is 1. The summed E-state index contributed by atoms with van der Waals surface area (Å²) in [5.41, 5.74) is 0.433. The third-order valence-electron chi connectivity index (χ3n) is 4.80. The van der Waals surface area contributed by atoms with Crippen LogP contribution >= 0.6 is 0 Å². The first-order chi connectivity index (χ1) is 11.1. The fraction of sp³-hybridized carbons (Fsp3) is 0.562. The van der Waals surface area contributed by atoms with Crippen molar-refractivity contribution in [2.24, 2.45) is 5.92 Å². The van der Waals surface area contributed by atoms with E-state index < -0.39 is 26.7 Å². The van der Waals surface area contributed by atoms with Crippen LogP contribution in [0, 0.1) is 5.92 Å². The fourth-order valence-electron chi connectivity index (χ4n) is 3.67. The van der Waals surface area contributed by atoms with E-state index in [1.54, 1.807) is 6.07 Å². The molecule has 3 rings (SSSR count). The summed E-state index contributed by atoms with van der Waals surface area (Å²) in [6, 6.07) is 5.34. The number of benzene rings is 1. The molecule has 2 heterocycles. The zero-order chi connectivity index (χ0) is 17.5. The minimum absolute atomic E-state index is 0.0147. The SMILES string of the molecule is O=C(Cc1cccc(OC(F)(F)F)c1)C1CC2CCC(C1)S2(=O)=O. The van der Waals surface area contributed by atoms with Crippen LogP contribution in [0.5, 0.6) is 5.75 Å². The number of halogens is 3. The van der Waals surface area contributed by atoms with Gasteiger partial charge in [0.2, 0.25) is 0 Å². The molecule has 0 radical (unpaired) electrons. The number of carbonyl (C=O) groups excluding carboxylic acids is 1. The Bertz CT molecular complexity index is 722. The molecule has 24 heavy (non-hydrogen) atoms. The Morgan fingerprint density at radius 1 is 1.17 bits per heavy atom. The topological polar surface area (TPSA) is 60.4 Å². The molecule has 2 unspecified atom stereocenters. The van der Waals surface area contributed by atoms with Gasteiger partial charge in [0.15, 0.2) is 9.84 Å². The molecule has 0 spiro atoms. The largest absolute Gasteiger partial charge is 0.573 e. The van der Waals surface area contributed by atoms with E-state index in [4.69, 9.17) is 0 Å². The highest BCUT2D eigenvalue weighted by Gasteiger charge is 2.48. The second-order valence-corrected chi connectivity index (χ2v) is 8.93. The molecule has 8 heteroatoms. The molecule has 2 fully saturated rings. The second-order valence-electron chi connectivity index (χ2n) is 6.42. The monoisotopic (exact) mass is 362 g/mol. The molecule has 2 atom stereocenters. The van der Waals surface area contributed by atoms with Crippen molar-refractivity contribution in [1.82, 2.24) is 0 Å². The summed E-state index contributed by atoms with van der Waals surface area (Å²) in [6.45, 7) is 0. The minimum Gasteiger partial charge on any atom is -0.406 e. The molecule has 1 aromatic carbocycles. The van der Waals surface area contributed by atoms with E-state index in [2.05, 4.69) is 4.74 Å². The summed E-state index contributed by atoms with van der Waals surface area (Å²) < 4.78 is 64.7. The van der Waals surface area contributed by atoms with Gasteiger partial charge in [0.1, 0.15) is 11.5 Å². The molecule has 132 valence electrons. The lowest BCUT2D eigenvalue weighted by molar-refractivity contribution is -0.274. The van der Waals surface area contributed by atoms with E-state index in [9.17, 15) is 26.4 Å². The Morgan fingerprint density at radius 2 is 1.79 bits per heavy atom. The smallest absolute Gasteiger partial charge is 0.406 e. The predicted octanol–water partition coefficient (Wildman–Crippen LogP) is 3.05. The maximum atomic E-state index is 12.4. The molecule has 0 aromatic heterocycles. The van der Waals surface area contributed by atoms with Gasteiger partial charge in [-0.1, -0.05) is 12.1 Å². The number of Topliss-reactive ketones (excluding diaryl/α,β-unsaturated/α-hetero) is 1. The number of hydrogen-bond donors (Lipinski definition) is 0. The van der Waals surface area contributed by atoms with Gasteiger partial charge in [-0.3, -0.25) is 4.79 Å². The Kier molecular flexibility index (Phi) is 4.36. The minimum atomic E-state index is -4.78. The molecule has 2 aliphatic heterocycles. The summed E-state index contributed by atoms with van der Waals surface area (Å²) in [4.78, 5) is 12.4. The maximum Gasteiger partial charge on any atom is 0.573 e. The van der Waals surface area contributed by atoms with Gasteiger partial charge in [-0.25, -0.2) is 8.42 Å². The zero-order valence-electron chi connectivity index (χ0n) is 12.8. The van der Waals surface area contributed by atoms with Crippen LogP contribution in [-0.4, -0.2) is 31.1 Å². The summed E-state index contributed by atoms with van der Waals surface area (Å²) in [5, 5.41) is -0.879. The Balaban J connectivity index is 1.67. The van der Waals surface area contributed by atoms with E-state index >= 15 is 0 Å². The van der Waals surface area contributed by atoms with Gasteiger partial charge in [-0.05, 0) is 43.4 Å². The molecule has 0 amide bonds. The van der Waals surface area contributed by atoms with Gasteiger partial charge >= 0.3 is 6.36 Å². The average Bonchev–Trinajstić information content (AvgIpc) is 2.64. The van der Waals surface area contributed by atoms with E-state index in [-0.39, 0.29) is 23.9 Å². The fourth-order valence-corrected chi connectivity index (χ4v) is 6.14.